The summed E-state index contributed by atoms with van der Waals surface area (Å²) in [5.74, 6) is 0.475. The van der Waals surface area contributed by atoms with Crippen molar-refractivity contribution in [3.63, 3.8) is 0 Å². The molecule has 0 heterocycles. The summed E-state index contributed by atoms with van der Waals surface area (Å²) in [6.07, 6.45) is 5.28. The van der Waals surface area contributed by atoms with E-state index >= 15 is 0 Å². The van der Waals surface area contributed by atoms with Gasteiger partial charge in [0, 0.05) is 12.1 Å². The third kappa shape index (κ3) is 5.63. The molecule has 0 aromatic rings. The lowest BCUT2D eigenvalue weighted by molar-refractivity contribution is -0.117. The van der Waals surface area contributed by atoms with Gasteiger partial charge in [0.15, 0.2) is 0 Å². The standard InChI is InChI=1S/C12H21N3O2/c1-2-10(12(17)14-5-6-16)7-11(13)15-8-9-3-4-9/h2,7,9,11,15-16H,1,3-6,8,13H2,(H,14,17)/b10-7+. The molecule has 17 heavy (non-hydrogen) atoms. The highest BCUT2D eigenvalue weighted by Gasteiger charge is 2.21. The first-order valence-corrected chi connectivity index (χ1v) is 5.89. The predicted molar refractivity (Wildman–Crippen MR) is 67.1 cm³/mol. The zero-order valence-corrected chi connectivity index (χ0v) is 9.98. The van der Waals surface area contributed by atoms with Gasteiger partial charge in [-0.1, -0.05) is 12.7 Å². The Hall–Kier alpha value is -1.17. The molecular weight excluding hydrogens is 218 g/mol. The fourth-order valence-corrected chi connectivity index (χ4v) is 1.39. The number of carbonyl (C=O) groups is 1. The molecule has 1 rings (SSSR count). The Kier molecular flexibility index (Phi) is 5.90. The third-order valence-corrected chi connectivity index (χ3v) is 2.58. The zero-order valence-electron chi connectivity index (χ0n) is 9.98. The quantitative estimate of drug-likeness (QED) is 0.261. The van der Waals surface area contributed by atoms with Crippen molar-refractivity contribution in [2.24, 2.45) is 11.7 Å². The molecular formula is C12H21N3O2. The average Bonchev–Trinajstić information content (AvgIpc) is 3.14. The van der Waals surface area contributed by atoms with Crippen molar-refractivity contribution in [1.82, 2.24) is 10.6 Å². The Morgan fingerprint density at radius 1 is 1.59 bits per heavy atom. The van der Waals surface area contributed by atoms with Crippen molar-refractivity contribution < 1.29 is 9.90 Å². The summed E-state index contributed by atoms with van der Waals surface area (Å²) in [4.78, 5) is 11.6. The number of amides is 1. The van der Waals surface area contributed by atoms with Crippen LogP contribution in [0.5, 0.6) is 0 Å². The Bertz CT molecular complexity index is 298. The van der Waals surface area contributed by atoms with E-state index in [9.17, 15) is 4.79 Å². The van der Waals surface area contributed by atoms with Gasteiger partial charge in [-0.2, -0.15) is 0 Å². The number of aliphatic hydroxyl groups excluding tert-OH is 1. The largest absolute Gasteiger partial charge is 0.395 e. The molecule has 5 heteroatoms. The van der Waals surface area contributed by atoms with Gasteiger partial charge in [0.05, 0.1) is 12.8 Å². The lowest BCUT2D eigenvalue weighted by Gasteiger charge is -2.11. The van der Waals surface area contributed by atoms with Gasteiger partial charge in [0.2, 0.25) is 0 Å². The molecule has 1 unspecified atom stereocenters. The van der Waals surface area contributed by atoms with Crippen molar-refractivity contribution in [3.8, 4) is 0 Å². The summed E-state index contributed by atoms with van der Waals surface area (Å²) >= 11 is 0. The van der Waals surface area contributed by atoms with E-state index in [1.54, 1.807) is 6.08 Å². The van der Waals surface area contributed by atoms with Crippen LogP contribution in [0.15, 0.2) is 24.3 Å². The van der Waals surface area contributed by atoms with Gasteiger partial charge in [-0.3, -0.25) is 10.1 Å². The van der Waals surface area contributed by atoms with Crippen molar-refractivity contribution >= 4 is 5.91 Å². The number of nitrogens with one attached hydrogen (secondary N) is 2. The molecule has 0 radical (unpaired) electrons. The maximum Gasteiger partial charge on any atom is 0.251 e. The van der Waals surface area contributed by atoms with E-state index in [0.717, 1.165) is 12.5 Å². The van der Waals surface area contributed by atoms with Crippen LogP contribution in [-0.2, 0) is 4.79 Å². The third-order valence-electron chi connectivity index (χ3n) is 2.58. The smallest absolute Gasteiger partial charge is 0.251 e. The average molecular weight is 239 g/mol. The Morgan fingerprint density at radius 2 is 2.29 bits per heavy atom. The second-order valence-corrected chi connectivity index (χ2v) is 4.18. The normalized spacial score (nSPS) is 17.6. The topological polar surface area (TPSA) is 87.4 Å². The van der Waals surface area contributed by atoms with Crippen molar-refractivity contribution in [2.75, 3.05) is 19.7 Å². The molecule has 5 N–H and O–H groups in total. The van der Waals surface area contributed by atoms with Gasteiger partial charge in [0.1, 0.15) is 0 Å². The van der Waals surface area contributed by atoms with Crippen molar-refractivity contribution in [2.45, 2.75) is 19.0 Å². The zero-order chi connectivity index (χ0) is 12.7. The summed E-state index contributed by atoms with van der Waals surface area (Å²) in [7, 11) is 0. The van der Waals surface area contributed by atoms with E-state index in [1.165, 1.54) is 18.9 Å². The lowest BCUT2D eigenvalue weighted by atomic mass is 10.2. The molecule has 0 saturated heterocycles. The molecule has 1 saturated carbocycles. The molecule has 0 aromatic carbocycles. The minimum absolute atomic E-state index is 0.0812. The summed E-state index contributed by atoms with van der Waals surface area (Å²) < 4.78 is 0. The molecule has 1 aliphatic carbocycles. The molecule has 1 atom stereocenters. The maximum atomic E-state index is 11.6. The minimum Gasteiger partial charge on any atom is -0.395 e. The minimum atomic E-state index is -0.344. The highest BCUT2D eigenvalue weighted by molar-refractivity contribution is 5.96. The number of hydrogen-bond acceptors (Lipinski definition) is 4. The van der Waals surface area contributed by atoms with Crippen LogP contribution in [0.1, 0.15) is 12.8 Å². The number of aliphatic hydroxyl groups is 1. The Morgan fingerprint density at radius 3 is 2.82 bits per heavy atom. The second kappa shape index (κ2) is 7.21. The number of rotatable bonds is 8. The first-order valence-electron chi connectivity index (χ1n) is 5.89. The lowest BCUT2D eigenvalue weighted by Crippen LogP contribution is -2.38. The highest BCUT2D eigenvalue weighted by atomic mass is 16.3. The number of nitrogens with two attached hydrogens (primary N) is 1. The molecule has 1 amide bonds. The van der Waals surface area contributed by atoms with Crippen LogP contribution in [-0.4, -0.2) is 36.9 Å². The second-order valence-electron chi connectivity index (χ2n) is 4.18. The highest BCUT2D eigenvalue weighted by Crippen LogP contribution is 2.27. The van der Waals surface area contributed by atoms with Crippen LogP contribution < -0.4 is 16.4 Å². The fraction of sp³-hybridized carbons (Fsp3) is 0.583. The monoisotopic (exact) mass is 239 g/mol. The van der Waals surface area contributed by atoms with Gasteiger partial charge in [-0.25, -0.2) is 0 Å². The van der Waals surface area contributed by atoms with Crippen molar-refractivity contribution in [1.29, 1.82) is 0 Å². The van der Waals surface area contributed by atoms with Crippen molar-refractivity contribution in [3.05, 3.63) is 24.3 Å². The number of hydrogen-bond donors (Lipinski definition) is 4. The summed E-state index contributed by atoms with van der Waals surface area (Å²) in [5, 5.41) is 14.3. The molecule has 1 aliphatic rings. The van der Waals surface area contributed by atoms with E-state index in [4.69, 9.17) is 10.8 Å². The van der Waals surface area contributed by atoms with E-state index in [2.05, 4.69) is 17.2 Å². The van der Waals surface area contributed by atoms with Crippen LogP contribution in [0.4, 0.5) is 0 Å². The van der Waals surface area contributed by atoms with E-state index in [1.807, 2.05) is 0 Å². The van der Waals surface area contributed by atoms with E-state index in [-0.39, 0.29) is 25.2 Å². The van der Waals surface area contributed by atoms with E-state index < -0.39 is 0 Å². The molecule has 1 fully saturated rings. The summed E-state index contributed by atoms with van der Waals surface area (Å²) in [5.41, 5.74) is 6.25. The van der Waals surface area contributed by atoms with Crippen LogP contribution in [0.2, 0.25) is 0 Å². The Labute approximate surface area is 102 Å². The maximum absolute atomic E-state index is 11.6. The van der Waals surface area contributed by atoms with E-state index in [0.29, 0.717) is 5.57 Å². The van der Waals surface area contributed by atoms with Crippen LogP contribution in [0.25, 0.3) is 0 Å². The fourth-order valence-electron chi connectivity index (χ4n) is 1.39. The molecule has 96 valence electrons. The first-order chi connectivity index (χ1) is 8.17. The van der Waals surface area contributed by atoms with Gasteiger partial charge >= 0.3 is 0 Å². The first kappa shape index (κ1) is 13.9. The SMILES string of the molecule is C=C/C(=C\C(N)NCC1CC1)C(=O)NCCO. The molecule has 5 nitrogen and oxygen atoms in total. The van der Waals surface area contributed by atoms with Gasteiger partial charge < -0.3 is 16.2 Å². The molecule has 0 bridgehead atoms. The summed E-state index contributed by atoms with van der Waals surface area (Å²) in [6, 6.07) is 0. The van der Waals surface area contributed by atoms with Gasteiger partial charge in [0.25, 0.3) is 5.91 Å². The van der Waals surface area contributed by atoms with Crippen LogP contribution in [0, 0.1) is 5.92 Å². The van der Waals surface area contributed by atoms with Crippen LogP contribution >= 0.6 is 0 Å². The molecule has 0 aliphatic heterocycles. The molecule has 0 aromatic heterocycles. The molecule has 0 spiro atoms. The summed E-state index contributed by atoms with van der Waals surface area (Å²) in [6.45, 7) is 4.61. The van der Waals surface area contributed by atoms with Gasteiger partial charge in [-0.05, 0) is 31.4 Å². The number of carbonyl (C=O) groups excluding carboxylic acids is 1. The van der Waals surface area contributed by atoms with Crippen LogP contribution in [0.3, 0.4) is 0 Å². The Balaban J connectivity index is 2.39. The van der Waals surface area contributed by atoms with Gasteiger partial charge in [-0.15, -0.1) is 0 Å². The predicted octanol–water partition coefficient (Wildman–Crippen LogP) is -0.508.